The first kappa shape index (κ1) is 15.4. The number of hydrogen-bond acceptors (Lipinski definition) is 3. The quantitative estimate of drug-likeness (QED) is 0.731. The van der Waals surface area contributed by atoms with E-state index in [9.17, 15) is 0 Å². The van der Waals surface area contributed by atoms with E-state index in [0.717, 1.165) is 31.0 Å². The van der Waals surface area contributed by atoms with Crippen molar-refractivity contribution in [2.24, 2.45) is 0 Å². The highest BCUT2D eigenvalue weighted by molar-refractivity contribution is 7.99. The van der Waals surface area contributed by atoms with E-state index in [1.54, 1.807) is 0 Å². The number of aryl methyl sites for hydroxylation is 2. The van der Waals surface area contributed by atoms with Crippen molar-refractivity contribution in [1.82, 2.24) is 0 Å². The van der Waals surface area contributed by atoms with Gasteiger partial charge >= 0.3 is 0 Å². The predicted molar refractivity (Wildman–Crippen MR) is 79.7 cm³/mol. The van der Waals surface area contributed by atoms with E-state index in [1.165, 1.54) is 11.1 Å². The zero-order valence-corrected chi connectivity index (χ0v) is 12.4. The van der Waals surface area contributed by atoms with Gasteiger partial charge in [0.1, 0.15) is 5.75 Å². The molecule has 1 unspecified atom stereocenters. The first-order chi connectivity index (χ1) is 8.63. The van der Waals surface area contributed by atoms with Gasteiger partial charge in [0.2, 0.25) is 0 Å². The summed E-state index contributed by atoms with van der Waals surface area (Å²) >= 11 is 1.90. The van der Waals surface area contributed by atoms with Crippen LogP contribution in [0.15, 0.2) is 18.2 Å². The summed E-state index contributed by atoms with van der Waals surface area (Å²) in [5.41, 5.74) is 2.58. The van der Waals surface area contributed by atoms with Crippen molar-refractivity contribution in [1.29, 1.82) is 0 Å². The SMILES string of the molecule is Cc1ccc(OCCCSC(C)CCO)cc1C. The first-order valence-corrected chi connectivity index (χ1v) is 7.61. The van der Waals surface area contributed by atoms with Crippen LogP contribution in [-0.2, 0) is 0 Å². The fourth-order valence-electron chi connectivity index (χ4n) is 1.60. The maximum absolute atomic E-state index is 8.80. The van der Waals surface area contributed by atoms with Crippen molar-refractivity contribution < 1.29 is 9.84 Å². The molecule has 0 aliphatic rings. The lowest BCUT2D eigenvalue weighted by molar-refractivity contribution is 0.288. The Morgan fingerprint density at radius 1 is 1.28 bits per heavy atom. The van der Waals surface area contributed by atoms with Gasteiger partial charge in [0.25, 0.3) is 0 Å². The summed E-state index contributed by atoms with van der Waals surface area (Å²) in [6.45, 7) is 7.42. The Bertz CT molecular complexity index is 352. The smallest absolute Gasteiger partial charge is 0.119 e. The van der Waals surface area contributed by atoms with Crippen molar-refractivity contribution in [2.75, 3.05) is 19.0 Å². The Kier molecular flexibility index (Phi) is 7.21. The van der Waals surface area contributed by atoms with Crippen LogP contribution in [0.4, 0.5) is 0 Å². The van der Waals surface area contributed by atoms with Gasteiger partial charge in [-0.15, -0.1) is 0 Å². The van der Waals surface area contributed by atoms with Crippen molar-refractivity contribution in [3.8, 4) is 5.75 Å². The summed E-state index contributed by atoms with van der Waals surface area (Å²) in [7, 11) is 0. The maximum atomic E-state index is 8.80. The van der Waals surface area contributed by atoms with E-state index >= 15 is 0 Å². The lowest BCUT2D eigenvalue weighted by Gasteiger charge is -2.10. The summed E-state index contributed by atoms with van der Waals surface area (Å²) in [5.74, 6) is 2.05. The molecule has 0 saturated carbocycles. The molecular formula is C15H24O2S. The van der Waals surface area contributed by atoms with Crippen molar-refractivity contribution in [3.05, 3.63) is 29.3 Å². The Balaban J connectivity index is 2.16. The van der Waals surface area contributed by atoms with Gasteiger partial charge in [-0.25, -0.2) is 0 Å². The molecule has 1 rings (SSSR count). The normalized spacial score (nSPS) is 12.4. The first-order valence-electron chi connectivity index (χ1n) is 6.56. The Hall–Kier alpha value is -0.670. The summed E-state index contributed by atoms with van der Waals surface area (Å²) in [6.07, 6.45) is 1.93. The fraction of sp³-hybridized carbons (Fsp3) is 0.600. The van der Waals surface area contributed by atoms with E-state index in [-0.39, 0.29) is 6.61 Å². The van der Waals surface area contributed by atoms with E-state index in [2.05, 4.69) is 32.9 Å². The van der Waals surface area contributed by atoms with Gasteiger partial charge in [-0.05, 0) is 55.7 Å². The molecule has 0 saturated heterocycles. The zero-order valence-electron chi connectivity index (χ0n) is 11.6. The molecule has 0 heterocycles. The predicted octanol–water partition coefficient (Wildman–Crippen LogP) is 3.58. The van der Waals surface area contributed by atoms with Crippen molar-refractivity contribution in [2.45, 2.75) is 38.9 Å². The van der Waals surface area contributed by atoms with Crippen LogP contribution in [0.1, 0.15) is 30.9 Å². The molecule has 1 N–H and O–H groups in total. The third-order valence-corrected chi connectivity index (χ3v) is 4.30. The maximum Gasteiger partial charge on any atom is 0.119 e. The molecule has 0 amide bonds. The van der Waals surface area contributed by atoms with Gasteiger partial charge in [0, 0.05) is 11.9 Å². The van der Waals surface area contributed by atoms with E-state index in [0.29, 0.717) is 5.25 Å². The van der Waals surface area contributed by atoms with Crippen LogP contribution in [0.25, 0.3) is 0 Å². The molecule has 0 radical (unpaired) electrons. The molecule has 1 aromatic rings. The Labute approximate surface area is 115 Å². The van der Waals surface area contributed by atoms with Crippen LogP contribution >= 0.6 is 11.8 Å². The van der Waals surface area contributed by atoms with E-state index < -0.39 is 0 Å². The number of hydrogen-bond donors (Lipinski definition) is 1. The number of benzene rings is 1. The van der Waals surface area contributed by atoms with Crippen molar-refractivity contribution in [3.63, 3.8) is 0 Å². The minimum absolute atomic E-state index is 0.285. The van der Waals surface area contributed by atoms with Crippen LogP contribution < -0.4 is 4.74 Å². The number of aliphatic hydroxyl groups is 1. The second-order valence-electron chi connectivity index (χ2n) is 4.64. The molecule has 18 heavy (non-hydrogen) atoms. The second-order valence-corrected chi connectivity index (χ2v) is 6.19. The van der Waals surface area contributed by atoms with Gasteiger partial charge in [-0.1, -0.05) is 13.0 Å². The fourth-order valence-corrected chi connectivity index (χ4v) is 2.56. The van der Waals surface area contributed by atoms with Crippen LogP contribution in [0, 0.1) is 13.8 Å². The average molecular weight is 268 g/mol. The molecule has 0 fully saturated rings. The molecule has 102 valence electrons. The second kappa shape index (κ2) is 8.44. The van der Waals surface area contributed by atoms with Gasteiger partial charge in [0.15, 0.2) is 0 Å². The molecule has 0 spiro atoms. The van der Waals surface area contributed by atoms with E-state index in [4.69, 9.17) is 9.84 Å². The van der Waals surface area contributed by atoms with Crippen LogP contribution in [-0.4, -0.2) is 29.3 Å². The summed E-state index contributed by atoms with van der Waals surface area (Å²) in [6, 6.07) is 6.23. The summed E-state index contributed by atoms with van der Waals surface area (Å²) in [5, 5.41) is 9.34. The van der Waals surface area contributed by atoms with Gasteiger partial charge in [0.05, 0.1) is 6.61 Å². The van der Waals surface area contributed by atoms with Gasteiger partial charge in [-0.3, -0.25) is 0 Å². The third kappa shape index (κ3) is 5.78. The van der Waals surface area contributed by atoms with Crippen molar-refractivity contribution >= 4 is 11.8 Å². The highest BCUT2D eigenvalue weighted by Crippen LogP contribution is 2.18. The lowest BCUT2D eigenvalue weighted by Crippen LogP contribution is -2.04. The molecule has 0 aliphatic carbocycles. The molecule has 1 atom stereocenters. The highest BCUT2D eigenvalue weighted by atomic mass is 32.2. The average Bonchev–Trinajstić information content (AvgIpc) is 2.33. The van der Waals surface area contributed by atoms with Gasteiger partial charge < -0.3 is 9.84 Å². The topological polar surface area (TPSA) is 29.5 Å². The number of ether oxygens (including phenoxy) is 1. The molecule has 3 heteroatoms. The molecule has 0 aliphatic heterocycles. The minimum Gasteiger partial charge on any atom is -0.494 e. The molecule has 2 nitrogen and oxygen atoms in total. The number of thioether (sulfide) groups is 1. The minimum atomic E-state index is 0.285. The molecule has 0 bridgehead atoms. The monoisotopic (exact) mass is 268 g/mol. The Morgan fingerprint density at radius 3 is 2.72 bits per heavy atom. The molecule has 0 aromatic heterocycles. The Morgan fingerprint density at radius 2 is 2.06 bits per heavy atom. The van der Waals surface area contributed by atoms with Crippen LogP contribution in [0.3, 0.4) is 0 Å². The number of aliphatic hydroxyl groups excluding tert-OH is 1. The third-order valence-electron chi connectivity index (χ3n) is 2.97. The molecule has 1 aromatic carbocycles. The summed E-state index contributed by atoms with van der Waals surface area (Å²) in [4.78, 5) is 0. The molecular weight excluding hydrogens is 244 g/mol. The highest BCUT2D eigenvalue weighted by Gasteiger charge is 2.01. The summed E-state index contributed by atoms with van der Waals surface area (Å²) < 4.78 is 5.72. The van der Waals surface area contributed by atoms with E-state index in [1.807, 2.05) is 17.8 Å². The zero-order chi connectivity index (χ0) is 13.4. The standard InChI is InChI=1S/C15H24O2S/c1-12-5-6-15(11-13(12)2)17-9-4-10-18-14(3)7-8-16/h5-6,11,14,16H,4,7-10H2,1-3H3. The largest absolute Gasteiger partial charge is 0.494 e. The lowest BCUT2D eigenvalue weighted by atomic mass is 10.1. The van der Waals surface area contributed by atoms with Crippen LogP contribution in [0.2, 0.25) is 0 Å². The van der Waals surface area contributed by atoms with Crippen LogP contribution in [0.5, 0.6) is 5.75 Å². The number of rotatable bonds is 8. The van der Waals surface area contributed by atoms with Gasteiger partial charge in [-0.2, -0.15) is 11.8 Å².